The van der Waals surface area contributed by atoms with Crippen LogP contribution in [0.4, 0.5) is 5.69 Å². The van der Waals surface area contributed by atoms with Crippen molar-refractivity contribution in [1.82, 2.24) is 4.90 Å². The zero-order valence-electron chi connectivity index (χ0n) is 11.1. The number of carbonyl (C=O) groups is 1. The van der Waals surface area contributed by atoms with E-state index in [1.165, 1.54) is 12.8 Å². The molecular weight excluding hydrogens is 258 g/mol. The number of thiocarbonyl (C=S) groups is 1. The van der Waals surface area contributed by atoms with Crippen LogP contribution in [0.3, 0.4) is 0 Å². The van der Waals surface area contributed by atoms with Gasteiger partial charge in [-0.05, 0) is 43.7 Å². The summed E-state index contributed by atoms with van der Waals surface area (Å²) >= 11 is 4.89. The van der Waals surface area contributed by atoms with Crippen LogP contribution in [0.25, 0.3) is 0 Å². The number of hydrogen-bond donors (Lipinski definition) is 2. The lowest BCUT2D eigenvalue weighted by Gasteiger charge is -2.19. The Morgan fingerprint density at radius 2 is 2.05 bits per heavy atom. The van der Waals surface area contributed by atoms with Gasteiger partial charge in [-0.3, -0.25) is 9.69 Å². The highest BCUT2D eigenvalue weighted by Crippen LogP contribution is 2.26. The molecule has 1 aromatic rings. The summed E-state index contributed by atoms with van der Waals surface area (Å²) in [5.74, 6) is 0.0248. The zero-order valence-corrected chi connectivity index (χ0v) is 11.9. The average molecular weight is 277 g/mol. The Hall–Kier alpha value is -1.46. The molecule has 0 heterocycles. The largest absolute Gasteiger partial charge is 0.389 e. The summed E-state index contributed by atoms with van der Waals surface area (Å²) in [5, 5.41) is 2.89. The topological polar surface area (TPSA) is 58.4 Å². The third-order valence-electron chi connectivity index (χ3n) is 3.27. The first kappa shape index (κ1) is 14.0. The van der Waals surface area contributed by atoms with Crippen LogP contribution in [0.1, 0.15) is 25.3 Å². The first-order chi connectivity index (χ1) is 9.10. The summed E-state index contributed by atoms with van der Waals surface area (Å²) in [5.41, 5.74) is 7.11. The van der Waals surface area contributed by atoms with Crippen molar-refractivity contribution in [2.24, 2.45) is 5.73 Å². The molecule has 0 aliphatic heterocycles. The van der Waals surface area contributed by atoms with Gasteiger partial charge in [0.2, 0.25) is 5.91 Å². The van der Waals surface area contributed by atoms with E-state index in [0.717, 1.165) is 17.8 Å². The number of amides is 1. The van der Waals surface area contributed by atoms with Crippen molar-refractivity contribution in [3.8, 4) is 0 Å². The minimum absolute atomic E-state index is 0.0248. The molecule has 1 aromatic carbocycles. The van der Waals surface area contributed by atoms with Gasteiger partial charge in [-0.25, -0.2) is 0 Å². The lowest BCUT2D eigenvalue weighted by atomic mass is 10.2. The normalized spacial score (nSPS) is 14.4. The third kappa shape index (κ3) is 4.01. The number of anilines is 1. The van der Waals surface area contributed by atoms with Gasteiger partial charge < -0.3 is 11.1 Å². The molecule has 0 unspecified atom stereocenters. The molecule has 1 saturated carbocycles. The predicted octanol–water partition coefficient (Wildman–Crippen LogP) is 1.74. The highest BCUT2D eigenvalue weighted by molar-refractivity contribution is 7.80. The molecule has 0 spiro atoms. The number of likely N-dealkylation sites (N-methyl/N-ethyl adjacent to an activating group) is 1. The Labute approximate surface area is 119 Å². The number of rotatable bonds is 6. The molecular formula is C14H19N3OS. The van der Waals surface area contributed by atoms with Crippen LogP contribution >= 0.6 is 12.2 Å². The predicted molar refractivity (Wildman–Crippen MR) is 81.2 cm³/mol. The molecule has 1 amide bonds. The van der Waals surface area contributed by atoms with Crippen molar-refractivity contribution < 1.29 is 4.79 Å². The first-order valence-corrected chi connectivity index (χ1v) is 6.94. The minimum atomic E-state index is 0.0248. The Kier molecular flexibility index (Phi) is 4.50. The van der Waals surface area contributed by atoms with Gasteiger partial charge in [0.15, 0.2) is 0 Å². The standard InChI is InChI=1S/C14H19N3OS/c1-2-17(12-7-8-12)9-13(18)16-11-5-3-10(4-6-11)14(15)19/h3-6,12H,2,7-9H2,1H3,(H2,15,19)(H,16,18). The van der Waals surface area contributed by atoms with E-state index in [9.17, 15) is 4.79 Å². The van der Waals surface area contributed by atoms with Crippen LogP contribution in [-0.2, 0) is 4.79 Å². The van der Waals surface area contributed by atoms with Crippen molar-refractivity contribution in [2.75, 3.05) is 18.4 Å². The van der Waals surface area contributed by atoms with Crippen LogP contribution in [0.5, 0.6) is 0 Å². The molecule has 102 valence electrons. The van der Waals surface area contributed by atoms with E-state index in [4.69, 9.17) is 18.0 Å². The number of nitrogens with zero attached hydrogens (tertiary/aromatic N) is 1. The quantitative estimate of drug-likeness (QED) is 0.778. The average Bonchev–Trinajstić information content (AvgIpc) is 3.21. The lowest BCUT2D eigenvalue weighted by molar-refractivity contribution is -0.117. The van der Waals surface area contributed by atoms with Crippen LogP contribution < -0.4 is 11.1 Å². The molecule has 19 heavy (non-hydrogen) atoms. The first-order valence-electron chi connectivity index (χ1n) is 6.54. The summed E-state index contributed by atoms with van der Waals surface area (Å²) in [6, 6.07) is 7.87. The molecule has 2 rings (SSSR count). The third-order valence-corrected chi connectivity index (χ3v) is 3.51. The number of hydrogen-bond acceptors (Lipinski definition) is 3. The Bertz CT molecular complexity index is 468. The van der Waals surface area contributed by atoms with Gasteiger partial charge >= 0.3 is 0 Å². The van der Waals surface area contributed by atoms with Crippen LogP contribution in [0, 0.1) is 0 Å². The van der Waals surface area contributed by atoms with E-state index < -0.39 is 0 Å². The van der Waals surface area contributed by atoms with E-state index in [1.54, 1.807) is 0 Å². The van der Waals surface area contributed by atoms with Gasteiger partial charge in [-0.2, -0.15) is 0 Å². The van der Waals surface area contributed by atoms with Crippen molar-refractivity contribution in [1.29, 1.82) is 0 Å². The van der Waals surface area contributed by atoms with Crippen molar-refractivity contribution in [2.45, 2.75) is 25.8 Å². The maximum atomic E-state index is 11.9. The molecule has 4 nitrogen and oxygen atoms in total. The summed E-state index contributed by atoms with van der Waals surface area (Å²) < 4.78 is 0. The summed E-state index contributed by atoms with van der Waals surface area (Å²) in [7, 11) is 0. The Balaban J connectivity index is 1.89. The van der Waals surface area contributed by atoms with Gasteiger partial charge in [0, 0.05) is 17.3 Å². The van der Waals surface area contributed by atoms with Crippen LogP contribution in [0.2, 0.25) is 0 Å². The molecule has 1 aliphatic carbocycles. The van der Waals surface area contributed by atoms with Crippen LogP contribution in [0.15, 0.2) is 24.3 Å². The summed E-state index contributed by atoms with van der Waals surface area (Å²) in [6.07, 6.45) is 2.42. The Morgan fingerprint density at radius 1 is 1.42 bits per heavy atom. The van der Waals surface area contributed by atoms with E-state index >= 15 is 0 Å². The maximum absolute atomic E-state index is 11.9. The second kappa shape index (κ2) is 6.12. The van der Waals surface area contributed by atoms with E-state index in [0.29, 0.717) is 17.6 Å². The van der Waals surface area contributed by atoms with E-state index in [-0.39, 0.29) is 5.91 Å². The Morgan fingerprint density at radius 3 is 2.53 bits per heavy atom. The second-order valence-corrected chi connectivity index (χ2v) is 5.22. The fourth-order valence-corrected chi connectivity index (χ4v) is 2.18. The fourth-order valence-electron chi connectivity index (χ4n) is 2.04. The summed E-state index contributed by atoms with van der Waals surface area (Å²) in [6.45, 7) is 3.46. The van der Waals surface area contributed by atoms with Crippen molar-refractivity contribution >= 4 is 28.8 Å². The highest BCUT2D eigenvalue weighted by Gasteiger charge is 2.28. The molecule has 3 N–H and O–H groups in total. The van der Waals surface area contributed by atoms with Gasteiger partial charge in [-0.15, -0.1) is 0 Å². The van der Waals surface area contributed by atoms with Crippen LogP contribution in [-0.4, -0.2) is 34.9 Å². The molecule has 5 heteroatoms. The fraction of sp³-hybridized carbons (Fsp3) is 0.429. The van der Waals surface area contributed by atoms with Crippen molar-refractivity contribution in [3.63, 3.8) is 0 Å². The maximum Gasteiger partial charge on any atom is 0.238 e. The molecule has 1 fully saturated rings. The second-order valence-electron chi connectivity index (χ2n) is 4.78. The van der Waals surface area contributed by atoms with Gasteiger partial charge in [-0.1, -0.05) is 19.1 Å². The van der Waals surface area contributed by atoms with Crippen molar-refractivity contribution in [3.05, 3.63) is 29.8 Å². The molecule has 0 atom stereocenters. The number of benzene rings is 1. The molecule has 1 aliphatic rings. The molecule has 0 aromatic heterocycles. The number of carbonyl (C=O) groups excluding carboxylic acids is 1. The van der Waals surface area contributed by atoms with E-state index in [2.05, 4.69) is 17.1 Å². The number of nitrogens with one attached hydrogen (secondary N) is 1. The lowest BCUT2D eigenvalue weighted by Crippen LogP contribution is -2.34. The molecule has 0 radical (unpaired) electrons. The SMILES string of the molecule is CCN(CC(=O)Nc1ccc(C(N)=S)cc1)C1CC1. The number of nitrogens with two attached hydrogens (primary N) is 1. The molecule has 0 saturated heterocycles. The smallest absolute Gasteiger partial charge is 0.238 e. The summed E-state index contributed by atoms with van der Waals surface area (Å²) in [4.78, 5) is 14.5. The zero-order chi connectivity index (χ0) is 13.8. The van der Waals surface area contributed by atoms with E-state index in [1.807, 2.05) is 24.3 Å². The highest BCUT2D eigenvalue weighted by atomic mass is 32.1. The van der Waals surface area contributed by atoms with Gasteiger partial charge in [0.1, 0.15) is 4.99 Å². The minimum Gasteiger partial charge on any atom is -0.389 e. The van der Waals surface area contributed by atoms with Gasteiger partial charge in [0.25, 0.3) is 0 Å². The van der Waals surface area contributed by atoms with Gasteiger partial charge in [0.05, 0.1) is 6.54 Å². The monoisotopic (exact) mass is 277 g/mol. The molecule has 0 bridgehead atoms.